The number of ether oxygens (including phenoxy) is 1. The highest BCUT2D eigenvalue weighted by Gasteiger charge is 2.48. The lowest BCUT2D eigenvalue weighted by Gasteiger charge is -2.35. The Morgan fingerprint density at radius 3 is 2.50 bits per heavy atom. The zero-order chi connectivity index (χ0) is 19.1. The zero-order valence-electron chi connectivity index (χ0n) is 15.5. The molecule has 0 bridgehead atoms. The number of alkyl halides is 1. The number of amides is 1. The molecule has 0 saturated carbocycles. The Labute approximate surface area is 162 Å². The number of hydrogen-bond acceptors (Lipinski definition) is 3. The van der Waals surface area contributed by atoms with Crippen LogP contribution in [-0.4, -0.2) is 39.8 Å². The van der Waals surface area contributed by atoms with Crippen LogP contribution < -0.4 is 0 Å². The van der Waals surface area contributed by atoms with E-state index in [4.69, 9.17) is 4.74 Å². The molecule has 138 valence electrons. The van der Waals surface area contributed by atoms with Crippen molar-refractivity contribution in [3.8, 4) is 0 Å². The Balaban J connectivity index is 2.01. The largest absolute Gasteiger partial charge is 0.354 e. The van der Waals surface area contributed by atoms with Crippen LogP contribution >= 0.6 is 15.9 Å². The van der Waals surface area contributed by atoms with E-state index in [1.165, 1.54) is 0 Å². The number of halogens is 1. The van der Waals surface area contributed by atoms with Crippen LogP contribution in [0.25, 0.3) is 10.8 Å². The van der Waals surface area contributed by atoms with E-state index < -0.39 is 11.8 Å². The van der Waals surface area contributed by atoms with Gasteiger partial charge in [0.25, 0.3) is 0 Å². The average molecular weight is 418 g/mol. The van der Waals surface area contributed by atoms with Gasteiger partial charge in [0.15, 0.2) is 5.78 Å². The molecule has 5 heteroatoms. The number of hydrogen-bond donors (Lipinski definition) is 0. The molecular formula is C21H24BrNO3. The lowest BCUT2D eigenvalue weighted by atomic mass is 9.96. The maximum absolute atomic E-state index is 13.4. The van der Waals surface area contributed by atoms with E-state index in [-0.39, 0.29) is 29.0 Å². The van der Waals surface area contributed by atoms with Gasteiger partial charge in [-0.25, -0.2) is 0 Å². The molecule has 0 aliphatic carbocycles. The molecule has 1 unspecified atom stereocenters. The minimum Gasteiger partial charge on any atom is -0.354 e. The van der Waals surface area contributed by atoms with Crippen molar-refractivity contribution in [2.24, 2.45) is 5.92 Å². The highest BCUT2D eigenvalue weighted by atomic mass is 79.9. The number of nitrogens with zero attached hydrogens (tertiary/aromatic N) is 1. The summed E-state index contributed by atoms with van der Waals surface area (Å²) in [6.07, 6.45) is 0. The van der Waals surface area contributed by atoms with Gasteiger partial charge in [-0.3, -0.25) is 9.59 Å². The third kappa shape index (κ3) is 3.30. The molecule has 0 aromatic heterocycles. The van der Waals surface area contributed by atoms with Crippen molar-refractivity contribution in [2.75, 3.05) is 6.61 Å². The van der Waals surface area contributed by atoms with E-state index in [0.717, 1.165) is 10.8 Å². The molecule has 1 saturated heterocycles. The number of rotatable bonds is 4. The minimum absolute atomic E-state index is 0.0795. The van der Waals surface area contributed by atoms with Gasteiger partial charge in [0.2, 0.25) is 5.91 Å². The topological polar surface area (TPSA) is 46.6 Å². The first kappa shape index (κ1) is 19.1. The Bertz CT molecular complexity index is 841. The highest BCUT2D eigenvalue weighted by Crippen LogP contribution is 2.33. The minimum atomic E-state index is -0.817. The van der Waals surface area contributed by atoms with Gasteiger partial charge in [-0.2, -0.15) is 0 Å². The van der Waals surface area contributed by atoms with Gasteiger partial charge in [0, 0.05) is 5.56 Å². The van der Waals surface area contributed by atoms with Crippen LogP contribution in [0.2, 0.25) is 0 Å². The predicted molar refractivity (Wildman–Crippen MR) is 106 cm³/mol. The molecule has 3 rings (SSSR count). The van der Waals surface area contributed by atoms with E-state index in [0.29, 0.717) is 5.56 Å². The third-order valence-electron chi connectivity index (χ3n) is 4.90. The van der Waals surface area contributed by atoms with E-state index in [1.807, 2.05) is 70.2 Å². The summed E-state index contributed by atoms with van der Waals surface area (Å²) in [5, 5.41) is 1.91. The number of carbonyl (C=O) groups is 2. The predicted octanol–water partition coefficient (Wildman–Crippen LogP) is 4.41. The number of carbonyl (C=O) groups excluding carboxylic acids is 2. The normalized spacial score (nSPS) is 20.5. The lowest BCUT2D eigenvalue weighted by molar-refractivity contribution is -0.145. The molecule has 0 spiro atoms. The van der Waals surface area contributed by atoms with E-state index in [2.05, 4.69) is 15.9 Å². The third-order valence-corrected chi connectivity index (χ3v) is 6.35. The fourth-order valence-corrected chi connectivity index (χ4v) is 3.67. The van der Waals surface area contributed by atoms with Crippen LogP contribution in [0.5, 0.6) is 0 Å². The molecule has 1 aliphatic heterocycles. The van der Waals surface area contributed by atoms with Crippen molar-refractivity contribution in [1.29, 1.82) is 0 Å². The molecular weight excluding hydrogens is 394 g/mol. The Morgan fingerprint density at radius 2 is 1.81 bits per heavy atom. The molecule has 0 N–H and O–H groups in total. The van der Waals surface area contributed by atoms with Crippen LogP contribution in [0.4, 0.5) is 0 Å². The summed E-state index contributed by atoms with van der Waals surface area (Å²) in [4.78, 5) is 27.7. The van der Waals surface area contributed by atoms with Crippen LogP contribution in [0.15, 0.2) is 42.5 Å². The molecule has 1 amide bonds. The molecule has 4 nitrogen and oxygen atoms in total. The highest BCUT2D eigenvalue weighted by molar-refractivity contribution is 9.10. The van der Waals surface area contributed by atoms with Crippen molar-refractivity contribution in [1.82, 2.24) is 4.90 Å². The molecule has 1 fully saturated rings. The van der Waals surface area contributed by atoms with Crippen molar-refractivity contribution in [2.45, 2.75) is 44.3 Å². The number of ketones is 1. The van der Waals surface area contributed by atoms with Crippen LogP contribution in [0.1, 0.15) is 38.1 Å². The Hall–Kier alpha value is -1.72. The number of benzene rings is 2. The molecule has 1 aliphatic rings. The summed E-state index contributed by atoms with van der Waals surface area (Å²) in [7, 11) is 0. The Morgan fingerprint density at radius 1 is 1.15 bits per heavy atom. The van der Waals surface area contributed by atoms with Gasteiger partial charge in [-0.05, 0) is 30.5 Å². The first-order chi connectivity index (χ1) is 12.2. The molecule has 2 atom stereocenters. The smallest absolute Gasteiger partial charge is 0.239 e. The van der Waals surface area contributed by atoms with E-state index >= 15 is 0 Å². The van der Waals surface area contributed by atoms with Gasteiger partial charge in [0.05, 0.1) is 11.4 Å². The molecule has 2 aromatic carbocycles. The van der Waals surface area contributed by atoms with Gasteiger partial charge >= 0.3 is 0 Å². The van der Waals surface area contributed by atoms with E-state index in [1.54, 1.807) is 4.90 Å². The second kappa shape index (κ2) is 7.12. The monoisotopic (exact) mass is 417 g/mol. The van der Waals surface area contributed by atoms with Crippen molar-refractivity contribution in [3.63, 3.8) is 0 Å². The van der Waals surface area contributed by atoms with Crippen molar-refractivity contribution < 1.29 is 14.3 Å². The molecule has 0 radical (unpaired) electrons. The first-order valence-corrected chi connectivity index (χ1v) is 9.79. The van der Waals surface area contributed by atoms with Crippen molar-refractivity contribution >= 4 is 38.4 Å². The van der Waals surface area contributed by atoms with Gasteiger partial charge in [-0.1, -0.05) is 72.2 Å². The van der Waals surface area contributed by atoms with Gasteiger partial charge in [0.1, 0.15) is 11.8 Å². The second-order valence-electron chi connectivity index (χ2n) is 7.52. The van der Waals surface area contributed by atoms with Gasteiger partial charge < -0.3 is 9.64 Å². The summed E-state index contributed by atoms with van der Waals surface area (Å²) in [5.74, 6) is -0.0718. The quantitative estimate of drug-likeness (QED) is 0.546. The molecule has 1 heterocycles. The maximum Gasteiger partial charge on any atom is 0.239 e. The lowest BCUT2D eigenvalue weighted by Crippen LogP contribution is -2.53. The second-order valence-corrected chi connectivity index (χ2v) is 8.51. The Kier molecular flexibility index (Phi) is 5.22. The number of fused-ring (bicyclic) bond motifs is 1. The standard InChI is InChI=1S/C21H24BrNO3/c1-13(2)18(22)20(25)23-17(12-26-21(23,3)4)19(24)16-11-7-9-14-8-5-6-10-15(14)16/h5-11,13,17-18H,12H2,1-4H3/t17-,18?/m1/s1. The van der Waals surface area contributed by atoms with Crippen LogP contribution in [0, 0.1) is 5.92 Å². The molecule has 2 aromatic rings. The maximum atomic E-state index is 13.4. The average Bonchev–Trinajstić information content (AvgIpc) is 2.94. The number of Topliss-reactive ketones (excluding diaryl/α,β-unsaturated/α-hetero) is 1. The summed E-state index contributed by atoms with van der Waals surface area (Å²) < 4.78 is 5.83. The fraction of sp³-hybridized carbons (Fsp3) is 0.429. The van der Waals surface area contributed by atoms with Gasteiger partial charge in [-0.15, -0.1) is 0 Å². The SMILES string of the molecule is CC(C)C(Br)C(=O)N1[C@@H](C(=O)c2cccc3ccccc23)COC1(C)C. The fourth-order valence-electron chi connectivity index (χ4n) is 3.45. The molecule has 26 heavy (non-hydrogen) atoms. The summed E-state index contributed by atoms with van der Waals surface area (Å²) in [6, 6.07) is 12.9. The first-order valence-electron chi connectivity index (χ1n) is 8.87. The van der Waals surface area contributed by atoms with Crippen LogP contribution in [-0.2, 0) is 9.53 Å². The van der Waals surface area contributed by atoms with E-state index in [9.17, 15) is 9.59 Å². The van der Waals surface area contributed by atoms with Crippen LogP contribution in [0.3, 0.4) is 0 Å². The summed E-state index contributed by atoms with van der Waals surface area (Å²) in [5.41, 5.74) is -0.189. The summed E-state index contributed by atoms with van der Waals surface area (Å²) in [6.45, 7) is 7.83. The summed E-state index contributed by atoms with van der Waals surface area (Å²) >= 11 is 3.48. The van der Waals surface area contributed by atoms with Crippen molar-refractivity contribution in [3.05, 3.63) is 48.0 Å². The zero-order valence-corrected chi connectivity index (χ0v) is 17.1.